The van der Waals surface area contributed by atoms with Gasteiger partial charge in [0.25, 0.3) is 0 Å². The van der Waals surface area contributed by atoms with Crippen LogP contribution in [-0.4, -0.2) is 73.2 Å². The van der Waals surface area contributed by atoms with Crippen LogP contribution >= 0.6 is 0 Å². The first-order valence-electron chi connectivity index (χ1n) is 6.90. The number of methoxy groups -OCH3 is 1. The third-order valence-electron chi connectivity index (χ3n) is 4.20. The molecule has 1 N–H and O–H groups in total. The van der Waals surface area contributed by atoms with Gasteiger partial charge in [-0.05, 0) is 20.3 Å². The van der Waals surface area contributed by atoms with Gasteiger partial charge in [-0.25, -0.2) is 0 Å². The fourth-order valence-corrected chi connectivity index (χ4v) is 3.54. The van der Waals surface area contributed by atoms with Crippen molar-refractivity contribution < 1.29 is 24.1 Å². The molecule has 5 unspecified atom stereocenters. The second-order valence-electron chi connectivity index (χ2n) is 6.02. The van der Waals surface area contributed by atoms with Gasteiger partial charge < -0.3 is 24.1 Å². The Morgan fingerprint density at radius 3 is 2.79 bits per heavy atom. The van der Waals surface area contributed by atoms with Crippen molar-refractivity contribution in [2.24, 2.45) is 0 Å². The standard InChI is InChI=1S/C13H23NO5/c1-13(2)18-11-8(15)6-14-5-4-9(17-7-16-3)10(14)12(11)19-13/h8-12,15H,4-7H2,1-3H3. The largest absolute Gasteiger partial charge is 0.389 e. The molecule has 0 spiro atoms. The minimum Gasteiger partial charge on any atom is -0.389 e. The molecule has 3 fully saturated rings. The zero-order chi connectivity index (χ0) is 13.6. The second kappa shape index (κ2) is 4.95. The van der Waals surface area contributed by atoms with E-state index in [-0.39, 0.29) is 24.4 Å². The summed E-state index contributed by atoms with van der Waals surface area (Å²) in [5.74, 6) is -0.638. The minimum atomic E-state index is -0.638. The SMILES string of the molecule is COCOC1CCN2CC(O)C3OC(C)(C)OC3C12. The van der Waals surface area contributed by atoms with Crippen LogP contribution in [0.1, 0.15) is 20.3 Å². The van der Waals surface area contributed by atoms with Crippen molar-refractivity contribution in [3.05, 3.63) is 0 Å². The van der Waals surface area contributed by atoms with Crippen molar-refractivity contribution in [1.29, 1.82) is 0 Å². The van der Waals surface area contributed by atoms with Crippen LogP contribution in [0, 0.1) is 0 Å². The quantitative estimate of drug-likeness (QED) is 0.727. The maximum absolute atomic E-state index is 10.2. The van der Waals surface area contributed by atoms with Crippen LogP contribution in [0.4, 0.5) is 0 Å². The van der Waals surface area contributed by atoms with E-state index < -0.39 is 11.9 Å². The maximum Gasteiger partial charge on any atom is 0.163 e. The number of nitrogens with zero attached hydrogens (tertiary/aromatic N) is 1. The molecule has 5 atom stereocenters. The summed E-state index contributed by atoms with van der Waals surface area (Å²) in [5, 5.41) is 10.2. The monoisotopic (exact) mass is 273 g/mol. The van der Waals surface area contributed by atoms with E-state index in [1.165, 1.54) is 0 Å². The van der Waals surface area contributed by atoms with Crippen molar-refractivity contribution in [3.8, 4) is 0 Å². The van der Waals surface area contributed by atoms with E-state index in [2.05, 4.69) is 4.90 Å². The Balaban J connectivity index is 1.77. The molecule has 3 saturated heterocycles. The van der Waals surface area contributed by atoms with E-state index in [1.807, 2.05) is 13.8 Å². The lowest BCUT2D eigenvalue weighted by atomic mass is 9.93. The number of fused-ring (bicyclic) bond motifs is 3. The van der Waals surface area contributed by atoms with Gasteiger partial charge in [0.1, 0.15) is 19.0 Å². The first-order valence-corrected chi connectivity index (χ1v) is 6.90. The molecule has 0 aromatic heterocycles. The lowest BCUT2D eigenvalue weighted by molar-refractivity contribution is -0.156. The molecule has 6 nitrogen and oxygen atoms in total. The first kappa shape index (κ1) is 13.7. The Morgan fingerprint density at radius 2 is 2.05 bits per heavy atom. The van der Waals surface area contributed by atoms with Crippen LogP contribution in [0.2, 0.25) is 0 Å². The molecule has 0 bridgehead atoms. The molecule has 3 aliphatic heterocycles. The van der Waals surface area contributed by atoms with E-state index in [4.69, 9.17) is 18.9 Å². The van der Waals surface area contributed by atoms with Crippen LogP contribution in [-0.2, 0) is 18.9 Å². The fourth-order valence-electron chi connectivity index (χ4n) is 3.54. The van der Waals surface area contributed by atoms with Gasteiger partial charge in [-0.3, -0.25) is 4.90 Å². The summed E-state index contributed by atoms with van der Waals surface area (Å²) in [6.45, 7) is 5.62. The van der Waals surface area contributed by atoms with E-state index in [9.17, 15) is 5.11 Å². The normalized spacial score (nSPS) is 45.2. The van der Waals surface area contributed by atoms with Gasteiger partial charge in [-0.15, -0.1) is 0 Å². The molecule has 6 heteroatoms. The maximum atomic E-state index is 10.2. The van der Waals surface area contributed by atoms with Gasteiger partial charge in [-0.2, -0.15) is 0 Å². The van der Waals surface area contributed by atoms with E-state index in [1.54, 1.807) is 7.11 Å². The molecule has 0 amide bonds. The minimum absolute atomic E-state index is 0.0810. The lowest BCUT2D eigenvalue weighted by Crippen LogP contribution is -2.60. The highest BCUT2D eigenvalue weighted by atomic mass is 16.8. The van der Waals surface area contributed by atoms with Crippen LogP contribution < -0.4 is 0 Å². The molecule has 3 aliphatic rings. The average Bonchev–Trinajstić information content (AvgIpc) is 2.87. The highest BCUT2D eigenvalue weighted by Gasteiger charge is 2.57. The molecule has 0 radical (unpaired) electrons. The predicted molar refractivity (Wildman–Crippen MR) is 66.6 cm³/mol. The number of ether oxygens (including phenoxy) is 4. The van der Waals surface area contributed by atoms with Crippen molar-refractivity contribution in [1.82, 2.24) is 4.90 Å². The number of hydrogen-bond donors (Lipinski definition) is 1. The van der Waals surface area contributed by atoms with Crippen molar-refractivity contribution in [3.63, 3.8) is 0 Å². The summed E-state index contributed by atoms with van der Waals surface area (Å²) in [7, 11) is 1.62. The van der Waals surface area contributed by atoms with Crippen LogP contribution in [0.3, 0.4) is 0 Å². The Morgan fingerprint density at radius 1 is 1.32 bits per heavy atom. The number of piperidine rings is 1. The summed E-state index contributed by atoms with van der Waals surface area (Å²) in [6.07, 6.45) is 0.126. The molecule has 0 saturated carbocycles. The summed E-state index contributed by atoms with van der Waals surface area (Å²) in [6, 6.07) is 0.144. The van der Waals surface area contributed by atoms with Gasteiger partial charge in [-0.1, -0.05) is 0 Å². The Kier molecular flexibility index (Phi) is 3.57. The third-order valence-corrected chi connectivity index (χ3v) is 4.20. The fraction of sp³-hybridized carbons (Fsp3) is 1.00. The Hall–Kier alpha value is -0.240. The second-order valence-corrected chi connectivity index (χ2v) is 6.02. The van der Waals surface area contributed by atoms with Crippen LogP contribution in [0.15, 0.2) is 0 Å². The van der Waals surface area contributed by atoms with Crippen LogP contribution in [0.25, 0.3) is 0 Å². The van der Waals surface area contributed by atoms with Gasteiger partial charge in [0, 0.05) is 20.2 Å². The molecular formula is C13H23NO5. The summed E-state index contributed by atoms with van der Waals surface area (Å²) in [5.41, 5.74) is 0. The molecule has 0 aliphatic carbocycles. The number of aliphatic hydroxyl groups is 1. The smallest absolute Gasteiger partial charge is 0.163 e. The van der Waals surface area contributed by atoms with E-state index in [0.717, 1.165) is 13.0 Å². The van der Waals surface area contributed by atoms with Crippen molar-refractivity contribution >= 4 is 0 Å². The molecule has 0 aromatic carbocycles. The zero-order valence-electron chi connectivity index (χ0n) is 11.7. The summed E-state index contributed by atoms with van der Waals surface area (Å²) >= 11 is 0. The van der Waals surface area contributed by atoms with E-state index >= 15 is 0 Å². The number of aliphatic hydroxyl groups excluding tert-OH is 1. The first-order chi connectivity index (χ1) is 9.02. The molecular weight excluding hydrogens is 250 g/mol. The summed E-state index contributed by atoms with van der Waals surface area (Å²) < 4.78 is 22.6. The molecule has 3 heterocycles. The van der Waals surface area contributed by atoms with Crippen molar-refractivity contribution in [2.45, 2.75) is 56.5 Å². The van der Waals surface area contributed by atoms with Gasteiger partial charge >= 0.3 is 0 Å². The Bertz CT molecular complexity index is 337. The highest BCUT2D eigenvalue weighted by Crippen LogP contribution is 2.40. The average molecular weight is 273 g/mol. The lowest BCUT2D eigenvalue weighted by Gasteiger charge is -2.41. The topological polar surface area (TPSA) is 60.4 Å². The summed E-state index contributed by atoms with van der Waals surface area (Å²) in [4.78, 5) is 2.25. The Labute approximate surface area is 113 Å². The van der Waals surface area contributed by atoms with E-state index in [0.29, 0.717) is 13.3 Å². The van der Waals surface area contributed by atoms with Crippen molar-refractivity contribution in [2.75, 3.05) is 27.0 Å². The molecule has 19 heavy (non-hydrogen) atoms. The van der Waals surface area contributed by atoms with Gasteiger partial charge in [0.2, 0.25) is 0 Å². The third kappa shape index (κ3) is 2.41. The van der Waals surface area contributed by atoms with Crippen LogP contribution in [0.5, 0.6) is 0 Å². The molecule has 3 rings (SSSR count). The molecule has 110 valence electrons. The number of hydrogen-bond acceptors (Lipinski definition) is 6. The highest BCUT2D eigenvalue weighted by molar-refractivity contribution is 5.06. The molecule has 0 aromatic rings. The van der Waals surface area contributed by atoms with Gasteiger partial charge in [0.15, 0.2) is 5.79 Å². The zero-order valence-corrected chi connectivity index (χ0v) is 11.7. The van der Waals surface area contributed by atoms with Gasteiger partial charge in [0.05, 0.1) is 18.2 Å². The predicted octanol–water partition coefficient (Wildman–Crippen LogP) is -0.0556. The number of rotatable bonds is 3.